The Hall–Kier alpha value is -1.73. The predicted molar refractivity (Wildman–Crippen MR) is 84.6 cm³/mol. The van der Waals surface area contributed by atoms with E-state index >= 15 is 0 Å². The smallest absolute Gasteiger partial charge is 0.123 e. The zero-order valence-electron chi connectivity index (χ0n) is 10.5. The third kappa shape index (κ3) is 2.59. The van der Waals surface area contributed by atoms with Gasteiger partial charge >= 0.3 is 0 Å². The first-order chi connectivity index (χ1) is 9.75. The molecule has 3 aromatic rings. The normalized spacial score (nSPS) is 12.3. The Balaban J connectivity index is 1.99. The van der Waals surface area contributed by atoms with Crippen LogP contribution in [0.2, 0.25) is 0 Å². The molecule has 0 spiro atoms. The topological polar surface area (TPSA) is 50.9 Å². The van der Waals surface area contributed by atoms with Gasteiger partial charge in [0.05, 0.1) is 17.6 Å². The maximum atomic E-state index is 10.5. The number of nitrogens with zero attached hydrogens (tertiary/aromatic N) is 3. The van der Waals surface area contributed by atoms with Gasteiger partial charge in [-0.1, -0.05) is 35.5 Å². The number of rotatable bonds is 3. The van der Waals surface area contributed by atoms with Gasteiger partial charge in [-0.25, -0.2) is 4.68 Å². The summed E-state index contributed by atoms with van der Waals surface area (Å²) in [7, 11) is 0. The van der Waals surface area contributed by atoms with E-state index in [1.54, 1.807) is 10.9 Å². The molecule has 5 heteroatoms. The second-order valence-corrected chi connectivity index (χ2v) is 5.61. The van der Waals surface area contributed by atoms with Crippen LogP contribution in [0.1, 0.15) is 17.4 Å². The molecule has 0 bridgehead atoms. The molecule has 0 saturated heterocycles. The first kappa shape index (κ1) is 13.3. The maximum Gasteiger partial charge on any atom is 0.123 e. The molecule has 1 unspecified atom stereocenters. The molecule has 0 fully saturated rings. The first-order valence-electron chi connectivity index (χ1n) is 6.15. The molecule has 4 nitrogen and oxygen atoms in total. The second-order valence-electron chi connectivity index (χ2n) is 4.36. The first-order valence-corrected chi connectivity index (χ1v) is 7.23. The number of para-hydroxylation sites is 1. The van der Waals surface area contributed by atoms with Crippen LogP contribution in [0, 0.1) is 3.57 Å². The van der Waals surface area contributed by atoms with Crippen molar-refractivity contribution in [1.82, 2.24) is 15.0 Å². The fourth-order valence-corrected chi connectivity index (χ4v) is 2.37. The summed E-state index contributed by atoms with van der Waals surface area (Å²) in [5, 5.41) is 18.5. The molecule has 0 amide bonds. The van der Waals surface area contributed by atoms with Crippen LogP contribution in [-0.2, 0) is 0 Å². The van der Waals surface area contributed by atoms with E-state index < -0.39 is 6.10 Å². The highest BCUT2D eigenvalue weighted by molar-refractivity contribution is 14.1. The van der Waals surface area contributed by atoms with Crippen molar-refractivity contribution in [2.24, 2.45) is 0 Å². The predicted octanol–water partition coefficient (Wildman–Crippen LogP) is 2.95. The minimum atomic E-state index is -0.748. The summed E-state index contributed by atoms with van der Waals surface area (Å²) in [5.41, 5.74) is 2.35. The lowest BCUT2D eigenvalue weighted by Crippen LogP contribution is -2.08. The van der Waals surface area contributed by atoms with Gasteiger partial charge in [-0.2, -0.15) is 0 Å². The lowest BCUT2D eigenvalue weighted by atomic mass is 10.1. The van der Waals surface area contributed by atoms with E-state index in [-0.39, 0.29) is 0 Å². The van der Waals surface area contributed by atoms with Gasteiger partial charge in [-0.3, -0.25) is 0 Å². The SMILES string of the molecule is OC(c1ccc(I)cc1)c1cnnn1-c1ccccc1. The molecule has 1 atom stereocenters. The van der Waals surface area contributed by atoms with Crippen LogP contribution in [-0.4, -0.2) is 20.1 Å². The third-order valence-electron chi connectivity index (χ3n) is 3.04. The minimum Gasteiger partial charge on any atom is -0.382 e. The van der Waals surface area contributed by atoms with Gasteiger partial charge in [-0.05, 0) is 52.4 Å². The molecular formula is C15H12IN3O. The number of hydrogen-bond donors (Lipinski definition) is 1. The van der Waals surface area contributed by atoms with Gasteiger partial charge in [0.1, 0.15) is 6.10 Å². The Morgan fingerprint density at radius 1 is 1.00 bits per heavy atom. The van der Waals surface area contributed by atoms with Gasteiger partial charge < -0.3 is 5.11 Å². The Morgan fingerprint density at radius 3 is 2.40 bits per heavy atom. The Labute approximate surface area is 130 Å². The van der Waals surface area contributed by atoms with Crippen molar-refractivity contribution >= 4 is 22.6 Å². The van der Waals surface area contributed by atoms with Gasteiger partial charge in [0.15, 0.2) is 0 Å². The number of aliphatic hydroxyl groups is 1. The molecule has 0 aliphatic carbocycles. The molecule has 0 saturated carbocycles. The second kappa shape index (κ2) is 5.72. The van der Waals surface area contributed by atoms with Crippen molar-refractivity contribution in [3.05, 3.63) is 75.6 Å². The number of hydrogen-bond acceptors (Lipinski definition) is 3. The van der Waals surface area contributed by atoms with E-state index in [0.717, 1.165) is 14.8 Å². The minimum absolute atomic E-state index is 0.650. The molecular weight excluding hydrogens is 365 g/mol. The molecule has 0 aliphatic heterocycles. The highest BCUT2D eigenvalue weighted by Crippen LogP contribution is 2.23. The van der Waals surface area contributed by atoms with Crippen LogP contribution in [0.5, 0.6) is 0 Å². The number of halogens is 1. The van der Waals surface area contributed by atoms with Crippen molar-refractivity contribution in [1.29, 1.82) is 0 Å². The van der Waals surface area contributed by atoms with E-state index in [9.17, 15) is 5.11 Å². The van der Waals surface area contributed by atoms with Crippen molar-refractivity contribution in [2.75, 3.05) is 0 Å². The maximum absolute atomic E-state index is 10.5. The Kier molecular flexibility index (Phi) is 3.79. The fourth-order valence-electron chi connectivity index (χ4n) is 2.02. The summed E-state index contributed by atoms with van der Waals surface area (Å²) in [6.07, 6.45) is 0.845. The van der Waals surface area contributed by atoms with E-state index in [4.69, 9.17) is 0 Å². The van der Waals surface area contributed by atoms with Crippen LogP contribution in [0.4, 0.5) is 0 Å². The fraction of sp³-hybridized carbons (Fsp3) is 0.0667. The van der Waals surface area contributed by atoms with Crippen molar-refractivity contribution in [2.45, 2.75) is 6.10 Å². The average Bonchev–Trinajstić information content (AvgIpc) is 2.97. The average molecular weight is 377 g/mol. The summed E-state index contributed by atoms with van der Waals surface area (Å²) >= 11 is 2.24. The lowest BCUT2D eigenvalue weighted by molar-refractivity contribution is 0.212. The quantitative estimate of drug-likeness (QED) is 0.715. The van der Waals surface area contributed by atoms with Crippen LogP contribution in [0.3, 0.4) is 0 Å². The zero-order chi connectivity index (χ0) is 13.9. The molecule has 1 aromatic heterocycles. The molecule has 1 heterocycles. The molecule has 2 aromatic carbocycles. The summed E-state index contributed by atoms with van der Waals surface area (Å²) < 4.78 is 2.79. The molecule has 0 aliphatic rings. The van der Waals surface area contributed by atoms with E-state index in [2.05, 4.69) is 32.9 Å². The van der Waals surface area contributed by atoms with Crippen LogP contribution in [0.15, 0.2) is 60.8 Å². The number of aromatic nitrogens is 3. The molecule has 0 radical (unpaired) electrons. The van der Waals surface area contributed by atoms with Crippen LogP contribution in [0.25, 0.3) is 5.69 Å². The Bertz CT molecular complexity index is 695. The van der Waals surface area contributed by atoms with Crippen LogP contribution < -0.4 is 0 Å². The molecule has 20 heavy (non-hydrogen) atoms. The van der Waals surface area contributed by atoms with E-state index in [0.29, 0.717) is 5.69 Å². The molecule has 1 N–H and O–H groups in total. The Morgan fingerprint density at radius 2 is 1.70 bits per heavy atom. The highest BCUT2D eigenvalue weighted by Gasteiger charge is 2.17. The zero-order valence-corrected chi connectivity index (χ0v) is 12.7. The molecule has 100 valence electrons. The van der Waals surface area contributed by atoms with Gasteiger partial charge in [0.25, 0.3) is 0 Å². The summed E-state index contributed by atoms with van der Waals surface area (Å²) in [6.45, 7) is 0. The van der Waals surface area contributed by atoms with Gasteiger partial charge in [-0.15, -0.1) is 5.10 Å². The van der Waals surface area contributed by atoms with Crippen molar-refractivity contribution in [3.8, 4) is 5.69 Å². The monoisotopic (exact) mass is 377 g/mol. The van der Waals surface area contributed by atoms with Gasteiger partial charge in [0, 0.05) is 3.57 Å². The summed E-state index contributed by atoms with van der Waals surface area (Å²) in [5.74, 6) is 0. The summed E-state index contributed by atoms with van der Waals surface area (Å²) in [6, 6.07) is 17.4. The standard InChI is InChI=1S/C15H12IN3O/c16-12-8-6-11(7-9-12)15(20)14-10-17-18-19(14)13-4-2-1-3-5-13/h1-10,15,20H. The summed E-state index contributed by atoms with van der Waals surface area (Å²) in [4.78, 5) is 0. The van der Waals surface area contributed by atoms with Crippen molar-refractivity contribution in [3.63, 3.8) is 0 Å². The van der Waals surface area contributed by atoms with Crippen molar-refractivity contribution < 1.29 is 5.11 Å². The molecule has 3 rings (SSSR count). The van der Waals surface area contributed by atoms with E-state index in [1.807, 2.05) is 54.6 Å². The van der Waals surface area contributed by atoms with Crippen LogP contribution >= 0.6 is 22.6 Å². The van der Waals surface area contributed by atoms with E-state index in [1.165, 1.54) is 0 Å². The number of aliphatic hydroxyl groups excluding tert-OH is 1. The largest absolute Gasteiger partial charge is 0.382 e. The number of benzene rings is 2. The van der Waals surface area contributed by atoms with Gasteiger partial charge in [0.2, 0.25) is 0 Å². The third-order valence-corrected chi connectivity index (χ3v) is 3.76. The highest BCUT2D eigenvalue weighted by atomic mass is 127. The lowest BCUT2D eigenvalue weighted by Gasteiger charge is -2.12.